The van der Waals surface area contributed by atoms with Crippen LogP contribution in [0.1, 0.15) is 33.6 Å². The number of thiocarbonyl (C=S) groups is 1. The van der Waals surface area contributed by atoms with Crippen LogP contribution < -0.4 is 15.5 Å². The van der Waals surface area contributed by atoms with Crippen molar-refractivity contribution < 1.29 is 0 Å². The molecule has 1 fully saturated rings. The zero-order valence-electron chi connectivity index (χ0n) is 13.2. The highest BCUT2D eigenvalue weighted by Crippen LogP contribution is 2.25. The van der Waals surface area contributed by atoms with Crippen molar-refractivity contribution >= 4 is 28.8 Å². The van der Waals surface area contributed by atoms with Crippen LogP contribution in [0.5, 0.6) is 0 Å². The first-order valence-corrected chi connectivity index (χ1v) is 8.25. The molecule has 0 bridgehead atoms. The summed E-state index contributed by atoms with van der Waals surface area (Å²) in [4.78, 5) is 6.97. The van der Waals surface area contributed by atoms with E-state index in [1.807, 2.05) is 12.3 Å². The number of nitrogens with zero attached hydrogens (tertiary/aromatic N) is 2. The van der Waals surface area contributed by atoms with E-state index in [2.05, 4.69) is 47.4 Å². The Balaban J connectivity index is 1.94. The van der Waals surface area contributed by atoms with Gasteiger partial charge in [0.2, 0.25) is 0 Å². The van der Waals surface area contributed by atoms with Gasteiger partial charge in [-0.25, -0.2) is 4.98 Å². The van der Waals surface area contributed by atoms with Crippen LogP contribution >= 0.6 is 12.2 Å². The number of piperidine rings is 1. The highest BCUT2D eigenvalue weighted by molar-refractivity contribution is 7.80. The molecular formula is C16H26N4S. The summed E-state index contributed by atoms with van der Waals surface area (Å²) >= 11 is 5.23. The summed E-state index contributed by atoms with van der Waals surface area (Å²) < 4.78 is 0. The highest BCUT2D eigenvalue weighted by Gasteiger charge is 2.22. The molecule has 1 saturated heterocycles. The van der Waals surface area contributed by atoms with Crippen LogP contribution in [0.25, 0.3) is 0 Å². The van der Waals surface area contributed by atoms with Gasteiger partial charge in [0.15, 0.2) is 5.11 Å². The molecule has 1 aromatic heterocycles. The minimum absolute atomic E-state index is 0.659. The van der Waals surface area contributed by atoms with Crippen molar-refractivity contribution in [2.45, 2.75) is 33.6 Å². The summed E-state index contributed by atoms with van der Waals surface area (Å²) in [5, 5.41) is 6.98. The molecule has 4 nitrogen and oxygen atoms in total. The number of hydrogen-bond donors (Lipinski definition) is 2. The van der Waals surface area contributed by atoms with Gasteiger partial charge in [0.25, 0.3) is 0 Å². The molecule has 21 heavy (non-hydrogen) atoms. The largest absolute Gasteiger partial charge is 0.362 e. The molecule has 1 aromatic rings. The van der Waals surface area contributed by atoms with Gasteiger partial charge >= 0.3 is 0 Å². The topological polar surface area (TPSA) is 40.2 Å². The summed E-state index contributed by atoms with van der Waals surface area (Å²) in [6, 6.07) is 4.13. The van der Waals surface area contributed by atoms with Gasteiger partial charge in [-0.15, -0.1) is 0 Å². The molecule has 0 aliphatic carbocycles. The summed E-state index contributed by atoms with van der Waals surface area (Å²) in [5.74, 6) is 2.53. The molecule has 116 valence electrons. The fraction of sp³-hybridized carbons (Fsp3) is 0.625. The fourth-order valence-corrected chi connectivity index (χ4v) is 3.13. The van der Waals surface area contributed by atoms with Crippen molar-refractivity contribution in [3.63, 3.8) is 0 Å². The Bertz CT molecular complexity index is 450. The van der Waals surface area contributed by atoms with Crippen molar-refractivity contribution in [2.75, 3.05) is 29.9 Å². The van der Waals surface area contributed by atoms with Crippen molar-refractivity contribution in [1.29, 1.82) is 0 Å². The summed E-state index contributed by atoms with van der Waals surface area (Å²) in [5.41, 5.74) is 0.936. The summed E-state index contributed by atoms with van der Waals surface area (Å²) in [7, 11) is 0. The number of pyridine rings is 1. The van der Waals surface area contributed by atoms with Crippen molar-refractivity contribution in [3.8, 4) is 0 Å². The Labute approximate surface area is 133 Å². The lowest BCUT2D eigenvalue weighted by atomic mass is 9.92. The molecule has 2 heterocycles. The quantitative estimate of drug-likeness (QED) is 0.836. The van der Waals surface area contributed by atoms with Crippen LogP contribution in [0.4, 0.5) is 11.5 Å². The maximum Gasteiger partial charge on any atom is 0.170 e. The molecule has 2 atom stereocenters. The Kier molecular flexibility index (Phi) is 5.79. The maximum atomic E-state index is 5.23. The first-order chi connectivity index (χ1) is 10.1. The van der Waals surface area contributed by atoms with E-state index < -0.39 is 0 Å². The first kappa shape index (κ1) is 16.0. The number of aromatic nitrogens is 1. The number of rotatable bonds is 4. The molecular weight excluding hydrogens is 280 g/mol. The monoisotopic (exact) mass is 306 g/mol. The molecule has 1 aliphatic rings. The zero-order valence-corrected chi connectivity index (χ0v) is 14.0. The minimum atomic E-state index is 0.659. The van der Waals surface area contributed by atoms with Gasteiger partial charge in [-0.3, -0.25) is 0 Å². The molecule has 0 aromatic carbocycles. The standard InChI is InChI=1S/C16H26N4S/c1-4-7-17-16(21)19-14-5-6-15(18-9-14)20-10-12(2)8-13(3)11-20/h5-6,9,12-13H,4,7-8,10-11H2,1-3H3,(H2,17,19,21). The van der Waals surface area contributed by atoms with Crippen LogP contribution in [0, 0.1) is 11.8 Å². The molecule has 2 rings (SSSR count). The SMILES string of the molecule is CCCNC(=S)Nc1ccc(N2CC(C)CC(C)C2)nc1. The summed E-state index contributed by atoms with van der Waals surface area (Å²) in [6.07, 6.45) is 4.23. The smallest absolute Gasteiger partial charge is 0.170 e. The lowest BCUT2D eigenvalue weighted by Crippen LogP contribution is -2.39. The molecule has 0 radical (unpaired) electrons. The average molecular weight is 306 g/mol. The Morgan fingerprint density at radius 2 is 2.05 bits per heavy atom. The van der Waals surface area contributed by atoms with E-state index in [4.69, 9.17) is 12.2 Å². The van der Waals surface area contributed by atoms with E-state index in [-0.39, 0.29) is 0 Å². The van der Waals surface area contributed by atoms with E-state index in [9.17, 15) is 0 Å². The number of nitrogens with one attached hydrogen (secondary N) is 2. The van der Waals surface area contributed by atoms with Crippen LogP contribution in [-0.4, -0.2) is 29.7 Å². The molecule has 1 aliphatic heterocycles. The van der Waals surface area contributed by atoms with E-state index in [1.54, 1.807) is 0 Å². The van der Waals surface area contributed by atoms with Gasteiger partial charge in [-0.2, -0.15) is 0 Å². The molecule has 2 N–H and O–H groups in total. The number of anilines is 2. The number of hydrogen-bond acceptors (Lipinski definition) is 3. The second-order valence-electron chi connectivity index (χ2n) is 6.14. The Morgan fingerprint density at radius 1 is 1.33 bits per heavy atom. The molecule has 0 amide bonds. The molecule has 2 unspecified atom stereocenters. The fourth-order valence-electron chi connectivity index (χ4n) is 2.91. The Morgan fingerprint density at radius 3 is 2.62 bits per heavy atom. The molecule has 0 saturated carbocycles. The van der Waals surface area contributed by atoms with E-state index in [0.717, 1.165) is 49.4 Å². The van der Waals surface area contributed by atoms with Crippen molar-refractivity contribution in [3.05, 3.63) is 18.3 Å². The van der Waals surface area contributed by atoms with Gasteiger partial charge in [-0.05, 0) is 49.0 Å². The average Bonchev–Trinajstić information content (AvgIpc) is 2.45. The lowest BCUT2D eigenvalue weighted by molar-refractivity contribution is 0.355. The van der Waals surface area contributed by atoms with Gasteiger partial charge < -0.3 is 15.5 Å². The predicted octanol–water partition coefficient (Wildman–Crippen LogP) is 3.26. The van der Waals surface area contributed by atoms with E-state index >= 15 is 0 Å². The third-order valence-electron chi connectivity index (χ3n) is 3.73. The van der Waals surface area contributed by atoms with E-state index in [1.165, 1.54) is 6.42 Å². The molecule has 5 heteroatoms. The Hall–Kier alpha value is -1.36. The van der Waals surface area contributed by atoms with Gasteiger partial charge in [0.1, 0.15) is 5.82 Å². The van der Waals surface area contributed by atoms with Gasteiger partial charge in [0.05, 0.1) is 11.9 Å². The van der Waals surface area contributed by atoms with E-state index in [0.29, 0.717) is 5.11 Å². The third-order valence-corrected chi connectivity index (χ3v) is 3.98. The highest BCUT2D eigenvalue weighted by atomic mass is 32.1. The van der Waals surface area contributed by atoms with Crippen LogP contribution in [-0.2, 0) is 0 Å². The first-order valence-electron chi connectivity index (χ1n) is 7.84. The van der Waals surface area contributed by atoms with Crippen LogP contribution in [0.15, 0.2) is 18.3 Å². The summed E-state index contributed by atoms with van der Waals surface area (Å²) in [6.45, 7) is 9.83. The van der Waals surface area contributed by atoms with Gasteiger partial charge in [0, 0.05) is 19.6 Å². The van der Waals surface area contributed by atoms with Crippen molar-refractivity contribution in [1.82, 2.24) is 10.3 Å². The minimum Gasteiger partial charge on any atom is -0.362 e. The zero-order chi connectivity index (χ0) is 15.2. The third kappa shape index (κ3) is 4.84. The maximum absolute atomic E-state index is 5.23. The van der Waals surface area contributed by atoms with Crippen LogP contribution in [0.2, 0.25) is 0 Å². The normalized spacial score (nSPS) is 22.0. The predicted molar refractivity (Wildman–Crippen MR) is 93.9 cm³/mol. The second-order valence-corrected chi connectivity index (χ2v) is 6.55. The molecule has 0 spiro atoms. The second kappa shape index (κ2) is 7.59. The van der Waals surface area contributed by atoms with Crippen molar-refractivity contribution in [2.24, 2.45) is 11.8 Å². The lowest BCUT2D eigenvalue weighted by Gasteiger charge is -2.35. The van der Waals surface area contributed by atoms with Gasteiger partial charge in [-0.1, -0.05) is 20.8 Å². The van der Waals surface area contributed by atoms with Crippen LogP contribution in [0.3, 0.4) is 0 Å².